The Kier molecular flexibility index (Phi) is 6.04. The Morgan fingerprint density at radius 1 is 1.15 bits per heavy atom. The van der Waals surface area contributed by atoms with Crippen LogP contribution in [0.1, 0.15) is 37.6 Å². The predicted molar refractivity (Wildman–Crippen MR) is 113 cm³/mol. The smallest absolute Gasteiger partial charge is 0.0818 e. The van der Waals surface area contributed by atoms with Crippen LogP contribution < -0.4 is 0 Å². The molecular weight excluding hydrogens is 320 g/mol. The molecule has 3 aromatic rings. The Balaban J connectivity index is 1.97. The van der Waals surface area contributed by atoms with Gasteiger partial charge in [-0.3, -0.25) is 4.99 Å². The normalized spacial score (nSPS) is 12.2. The van der Waals surface area contributed by atoms with E-state index in [4.69, 9.17) is 4.98 Å². The highest BCUT2D eigenvalue weighted by Gasteiger charge is 2.13. The Morgan fingerprint density at radius 3 is 2.73 bits per heavy atom. The SMILES string of the molecule is CCCCn1c2ccccc2c2cc(C=NCCCN(C)C)nc(C)c21. The van der Waals surface area contributed by atoms with Crippen molar-refractivity contribution in [2.24, 2.45) is 4.99 Å². The molecule has 0 fully saturated rings. The molecule has 138 valence electrons. The van der Waals surface area contributed by atoms with Crippen LogP contribution in [0.5, 0.6) is 0 Å². The lowest BCUT2D eigenvalue weighted by molar-refractivity contribution is 0.403. The summed E-state index contributed by atoms with van der Waals surface area (Å²) in [5.41, 5.74) is 4.62. The van der Waals surface area contributed by atoms with Crippen LogP contribution >= 0.6 is 0 Å². The van der Waals surface area contributed by atoms with E-state index in [2.05, 4.69) is 72.7 Å². The van der Waals surface area contributed by atoms with Crippen LogP contribution in [0, 0.1) is 6.92 Å². The van der Waals surface area contributed by atoms with Gasteiger partial charge in [-0.1, -0.05) is 31.5 Å². The fourth-order valence-corrected chi connectivity index (χ4v) is 3.54. The third-order valence-electron chi connectivity index (χ3n) is 4.79. The highest BCUT2D eigenvalue weighted by atomic mass is 15.0. The van der Waals surface area contributed by atoms with E-state index in [9.17, 15) is 0 Å². The van der Waals surface area contributed by atoms with Crippen LogP contribution in [0.25, 0.3) is 21.8 Å². The highest BCUT2D eigenvalue weighted by Crippen LogP contribution is 2.31. The van der Waals surface area contributed by atoms with Gasteiger partial charge in [0.1, 0.15) is 0 Å². The zero-order valence-corrected chi connectivity index (χ0v) is 16.5. The van der Waals surface area contributed by atoms with E-state index in [1.807, 2.05) is 6.21 Å². The van der Waals surface area contributed by atoms with Crippen molar-refractivity contribution in [3.8, 4) is 0 Å². The van der Waals surface area contributed by atoms with Gasteiger partial charge in [0, 0.05) is 35.6 Å². The number of unbranched alkanes of at least 4 members (excludes halogenated alkanes) is 1. The predicted octanol–water partition coefficient (Wildman–Crippen LogP) is 4.67. The number of hydrogen-bond acceptors (Lipinski definition) is 3. The first-order valence-corrected chi connectivity index (χ1v) is 9.65. The van der Waals surface area contributed by atoms with Gasteiger partial charge in [-0.2, -0.15) is 0 Å². The molecule has 0 aliphatic rings. The van der Waals surface area contributed by atoms with Crippen molar-refractivity contribution in [3.05, 3.63) is 41.7 Å². The number of benzene rings is 1. The van der Waals surface area contributed by atoms with Gasteiger partial charge >= 0.3 is 0 Å². The third-order valence-corrected chi connectivity index (χ3v) is 4.79. The molecule has 0 unspecified atom stereocenters. The molecular formula is C22H30N4. The molecule has 4 nitrogen and oxygen atoms in total. The molecule has 0 aliphatic heterocycles. The Labute approximate surface area is 156 Å². The van der Waals surface area contributed by atoms with E-state index in [0.717, 1.165) is 37.4 Å². The monoisotopic (exact) mass is 350 g/mol. The van der Waals surface area contributed by atoms with E-state index in [1.54, 1.807) is 0 Å². The van der Waals surface area contributed by atoms with Crippen molar-refractivity contribution < 1.29 is 0 Å². The largest absolute Gasteiger partial charge is 0.339 e. The summed E-state index contributed by atoms with van der Waals surface area (Å²) in [5.74, 6) is 0. The summed E-state index contributed by atoms with van der Waals surface area (Å²) >= 11 is 0. The van der Waals surface area contributed by atoms with Gasteiger partial charge in [-0.15, -0.1) is 0 Å². The first-order valence-electron chi connectivity index (χ1n) is 9.65. The third kappa shape index (κ3) is 3.96. The van der Waals surface area contributed by atoms with Gasteiger partial charge < -0.3 is 9.47 Å². The number of fused-ring (bicyclic) bond motifs is 3. The average molecular weight is 351 g/mol. The maximum absolute atomic E-state index is 4.82. The van der Waals surface area contributed by atoms with Crippen LogP contribution in [0.15, 0.2) is 35.3 Å². The zero-order chi connectivity index (χ0) is 18.5. The van der Waals surface area contributed by atoms with Gasteiger partial charge in [0.25, 0.3) is 0 Å². The van der Waals surface area contributed by atoms with Crippen LogP contribution in [-0.2, 0) is 6.54 Å². The number of para-hydroxylation sites is 1. The summed E-state index contributed by atoms with van der Waals surface area (Å²) in [5, 5.41) is 2.60. The number of aliphatic imine (C=N–C) groups is 1. The Hall–Kier alpha value is -2.20. The Morgan fingerprint density at radius 2 is 1.96 bits per heavy atom. The minimum atomic E-state index is 0.842. The molecule has 0 amide bonds. The van der Waals surface area contributed by atoms with E-state index in [1.165, 1.54) is 34.6 Å². The van der Waals surface area contributed by atoms with Crippen LogP contribution in [0.2, 0.25) is 0 Å². The van der Waals surface area contributed by atoms with Crippen LogP contribution in [-0.4, -0.2) is 47.9 Å². The molecule has 0 saturated carbocycles. The summed E-state index contributed by atoms with van der Waals surface area (Å²) in [6, 6.07) is 10.9. The van der Waals surface area contributed by atoms with E-state index in [0.29, 0.717) is 0 Å². The van der Waals surface area contributed by atoms with Gasteiger partial charge in [0.05, 0.1) is 16.9 Å². The number of aromatic nitrogens is 2. The van der Waals surface area contributed by atoms with E-state index in [-0.39, 0.29) is 0 Å². The molecule has 4 heteroatoms. The van der Waals surface area contributed by atoms with Crippen molar-refractivity contribution in [2.75, 3.05) is 27.2 Å². The quantitative estimate of drug-likeness (QED) is 0.437. The number of aryl methyl sites for hydroxylation is 2. The highest BCUT2D eigenvalue weighted by molar-refractivity contribution is 6.09. The fraction of sp³-hybridized carbons (Fsp3) is 0.455. The molecule has 0 atom stereocenters. The van der Waals surface area contributed by atoms with Gasteiger partial charge in [0.2, 0.25) is 0 Å². The summed E-state index contributed by atoms with van der Waals surface area (Å²) < 4.78 is 2.44. The number of pyridine rings is 1. The summed E-state index contributed by atoms with van der Waals surface area (Å²) in [4.78, 5) is 11.6. The molecule has 26 heavy (non-hydrogen) atoms. The van der Waals surface area contributed by atoms with Crippen molar-refractivity contribution in [1.82, 2.24) is 14.5 Å². The minimum Gasteiger partial charge on any atom is -0.339 e. The number of nitrogens with zero attached hydrogens (tertiary/aromatic N) is 4. The van der Waals surface area contributed by atoms with E-state index < -0.39 is 0 Å². The summed E-state index contributed by atoms with van der Waals surface area (Å²) in [6.07, 6.45) is 5.38. The van der Waals surface area contributed by atoms with Crippen LogP contribution in [0.4, 0.5) is 0 Å². The van der Waals surface area contributed by atoms with Crippen molar-refractivity contribution in [2.45, 2.75) is 39.7 Å². The second kappa shape index (κ2) is 8.45. The van der Waals surface area contributed by atoms with Gasteiger partial charge in [-0.05, 0) is 52.5 Å². The molecule has 0 saturated heterocycles. The molecule has 2 heterocycles. The minimum absolute atomic E-state index is 0.842. The standard InChI is InChI=1S/C22H30N4/c1-5-6-14-26-21-11-8-7-10-19(21)20-15-18(24-17(2)22(20)26)16-23-12-9-13-25(3)4/h7-8,10-11,15-16H,5-6,9,12-14H2,1-4H3. The van der Waals surface area contributed by atoms with E-state index >= 15 is 0 Å². The lowest BCUT2D eigenvalue weighted by Crippen LogP contribution is -2.13. The summed E-state index contributed by atoms with van der Waals surface area (Å²) in [7, 11) is 4.19. The van der Waals surface area contributed by atoms with Gasteiger partial charge in [-0.25, -0.2) is 4.98 Å². The lowest BCUT2D eigenvalue weighted by atomic mass is 10.1. The first kappa shape index (κ1) is 18.6. The molecule has 0 aliphatic carbocycles. The number of rotatable bonds is 8. The maximum atomic E-state index is 4.82. The second-order valence-corrected chi connectivity index (χ2v) is 7.24. The van der Waals surface area contributed by atoms with Crippen LogP contribution in [0.3, 0.4) is 0 Å². The number of hydrogen-bond donors (Lipinski definition) is 0. The molecule has 3 rings (SSSR count). The fourth-order valence-electron chi connectivity index (χ4n) is 3.54. The average Bonchev–Trinajstić information content (AvgIpc) is 2.94. The molecule has 0 spiro atoms. The molecule has 0 N–H and O–H groups in total. The molecule has 0 radical (unpaired) electrons. The van der Waals surface area contributed by atoms with Gasteiger partial charge in [0.15, 0.2) is 0 Å². The zero-order valence-electron chi connectivity index (χ0n) is 16.5. The van der Waals surface area contributed by atoms with Crippen molar-refractivity contribution >= 4 is 28.0 Å². The maximum Gasteiger partial charge on any atom is 0.0818 e. The summed E-state index contributed by atoms with van der Waals surface area (Å²) in [6.45, 7) is 7.31. The molecule has 1 aromatic carbocycles. The Bertz CT molecular complexity index is 905. The van der Waals surface area contributed by atoms with Crippen molar-refractivity contribution in [1.29, 1.82) is 0 Å². The topological polar surface area (TPSA) is 33.4 Å². The first-order chi connectivity index (χ1) is 12.6. The molecule has 2 aromatic heterocycles. The second-order valence-electron chi connectivity index (χ2n) is 7.24. The van der Waals surface area contributed by atoms with Crippen molar-refractivity contribution in [3.63, 3.8) is 0 Å². The molecule has 0 bridgehead atoms. The lowest BCUT2D eigenvalue weighted by Gasteiger charge is -2.08.